The Morgan fingerprint density at radius 2 is 2.47 bits per heavy atom. The second-order valence-electron chi connectivity index (χ2n) is 3.33. The van der Waals surface area contributed by atoms with Crippen LogP contribution in [0, 0.1) is 5.82 Å². The highest BCUT2D eigenvalue weighted by atomic mass is 19.1. The van der Waals surface area contributed by atoms with Crippen LogP contribution in [0.25, 0.3) is 0 Å². The van der Waals surface area contributed by atoms with E-state index in [0.29, 0.717) is 5.76 Å². The average molecular weight is 262 g/mol. The molecule has 0 radical (unpaired) electrons. The number of anilines is 1. The van der Waals surface area contributed by atoms with Crippen molar-refractivity contribution in [2.24, 2.45) is 5.10 Å². The lowest BCUT2D eigenvalue weighted by Crippen LogP contribution is -2.03. The fourth-order valence-electron chi connectivity index (χ4n) is 1.15. The summed E-state index contributed by atoms with van der Waals surface area (Å²) in [6.45, 7) is 3.73. The van der Waals surface area contributed by atoms with Crippen molar-refractivity contribution in [1.29, 1.82) is 0 Å². The number of rotatable bonds is 6. The van der Waals surface area contributed by atoms with E-state index in [1.165, 1.54) is 18.6 Å². The maximum Gasteiger partial charge on any atom is 0.318 e. The Morgan fingerprint density at radius 1 is 1.58 bits per heavy atom. The number of hydrogen-bond acceptors (Lipinski definition) is 6. The SMILES string of the molecule is C=CCOc1ncc(F)c(N/N=C/c2ccco2)n1. The first-order valence-electron chi connectivity index (χ1n) is 5.38. The lowest BCUT2D eigenvalue weighted by atomic mass is 10.5. The van der Waals surface area contributed by atoms with Crippen molar-refractivity contribution < 1.29 is 13.5 Å². The van der Waals surface area contributed by atoms with E-state index < -0.39 is 5.82 Å². The molecule has 0 fully saturated rings. The molecule has 19 heavy (non-hydrogen) atoms. The molecule has 2 heterocycles. The van der Waals surface area contributed by atoms with Gasteiger partial charge in [-0.05, 0) is 12.1 Å². The Hall–Kier alpha value is -2.70. The molecule has 0 aliphatic rings. The van der Waals surface area contributed by atoms with Crippen LogP contribution in [0.2, 0.25) is 0 Å². The average Bonchev–Trinajstić information content (AvgIpc) is 2.92. The third-order valence-corrected chi connectivity index (χ3v) is 1.96. The largest absolute Gasteiger partial charge is 0.463 e. The molecule has 0 atom stereocenters. The van der Waals surface area contributed by atoms with Crippen LogP contribution in [0.15, 0.2) is 46.8 Å². The molecule has 0 aromatic carbocycles. The zero-order valence-electron chi connectivity index (χ0n) is 9.91. The van der Waals surface area contributed by atoms with Gasteiger partial charge >= 0.3 is 6.01 Å². The number of ether oxygens (including phenoxy) is 1. The summed E-state index contributed by atoms with van der Waals surface area (Å²) >= 11 is 0. The topological polar surface area (TPSA) is 72.5 Å². The Morgan fingerprint density at radius 3 is 3.21 bits per heavy atom. The minimum Gasteiger partial charge on any atom is -0.463 e. The molecule has 0 aliphatic carbocycles. The van der Waals surface area contributed by atoms with Gasteiger partial charge in [0.15, 0.2) is 11.6 Å². The van der Waals surface area contributed by atoms with Crippen LogP contribution in [-0.4, -0.2) is 22.8 Å². The molecule has 7 heteroatoms. The molecule has 6 nitrogen and oxygen atoms in total. The molecule has 0 aliphatic heterocycles. The zero-order chi connectivity index (χ0) is 13.5. The van der Waals surface area contributed by atoms with E-state index in [1.54, 1.807) is 12.1 Å². The number of halogens is 1. The van der Waals surface area contributed by atoms with Crippen molar-refractivity contribution >= 4 is 12.0 Å². The van der Waals surface area contributed by atoms with E-state index in [4.69, 9.17) is 9.15 Å². The molecule has 2 rings (SSSR count). The van der Waals surface area contributed by atoms with E-state index in [2.05, 4.69) is 27.1 Å². The van der Waals surface area contributed by atoms with Crippen LogP contribution in [-0.2, 0) is 0 Å². The highest BCUT2D eigenvalue weighted by Crippen LogP contribution is 2.13. The van der Waals surface area contributed by atoms with Crippen LogP contribution < -0.4 is 10.2 Å². The van der Waals surface area contributed by atoms with E-state index in [1.807, 2.05) is 0 Å². The standard InChI is InChI=1S/C12H11FN4O2/c1-2-5-19-12-14-8-10(13)11(16-12)17-15-7-9-4-3-6-18-9/h2-4,6-8H,1,5H2,(H,14,16,17)/b15-7+. The van der Waals surface area contributed by atoms with Crippen molar-refractivity contribution in [3.8, 4) is 6.01 Å². The Bertz CT molecular complexity index is 569. The van der Waals surface area contributed by atoms with Gasteiger partial charge in [0.2, 0.25) is 0 Å². The van der Waals surface area contributed by atoms with E-state index in [0.717, 1.165) is 6.20 Å². The van der Waals surface area contributed by atoms with Gasteiger partial charge in [-0.3, -0.25) is 5.43 Å². The Kier molecular flexibility index (Phi) is 4.22. The zero-order valence-corrected chi connectivity index (χ0v) is 9.91. The molecule has 1 N–H and O–H groups in total. The second kappa shape index (κ2) is 6.29. The maximum atomic E-state index is 13.4. The van der Waals surface area contributed by atoms with E-state index in [9.17, 15) is 4.39 Å². The summed E-state index contributed by atoms with van der Waals surface area (Å²) in [6.07, 6.45) is 5.44. The summed E-state index contributed by atoms with van der Waals surface area (Å²) in [5.74, 6) is -0.190. The fraction of sp³-hybridized carbons (Fsp3) is 0.0833. The normalized spacial score (nSPS) is 10.6. The minimum atomic E-state index is -0.637. The fourth-order valence-corrected chi connectivity index (χ4v) is 1.15. The smallest absolute Gasteiger partial charge is 0.318 e. The minimum absolute atomic E-state index is 0.0389. The third-order valence-electron chi connectivity index (χ3n) is 1.96. The lowest BCUT2D eigenvalue weighted by molar-refractivity contribution is 0.332. The molecule has 0 unspecified atom stereocenters. The number of hydrogen-bond donors (Lipinski definition) is 1. The predicted octanol–water partition coefficient (Wildman–Crippen LogP) is 2.22. The number of nitrogens with zero attached hydrogens (tertiary/aromatic N) is 3. The molecule has 0 saturated carbocycles. The molecule has 0 bridgehead atoms. The first kappa shape index (κ1) is 12.7. The summed E-state index contributed by atoms with van der Waals surface area (Å²) in [5.41, 5.74) is 2.45. The van der Waals surface area contributed by atoms with Gasteiger partial charge < -0.3 is 9.15 Å². The first-order valence-corrected chi connectivity index (χ1v) is 5.38. The van der Waals surface area contributed by atoms with Crippen molar-refractivity contribution in [3.05, 3.63) is 48.8 Å². The summed E-state index contributed by atoms with van der Waals surface area (Å²) in [7, 11) is 0. The summed E-state index contributed by atoms with van der Waals surface area (Å²) < 4.78 is 23.5. The Labute approximate surface area is 108 Å². The molecular weight excluding hydrogens is 251 g/mol. The third kappa shape index (κ3) is 3.63. The molecule has 98 valence electrons. The van der Waals surface area contributed by atoms with Crippen molar-refractivity contribution in [2.45, 2.75) is 0 Å². The van der Waals surface area contributed by atoms with Crippen LogP contribution in [0.3, 0.4) is 0 Å². The molecule has 2 aromatic rings. The van der Waals surface area contributed by atoms with Gasteiger partial charge in [0, 0.05) is 0 Å². The van der Waals surface area contributed by atoms with Crippen LogP contribution in [0.1, 0.15) is 5.76 Å². The number of nitrogens with one attached hydrogen (secondary N) is 1. The maximum absolute atomic E-state index is 13.4. The number of hydrazone groups is 1. The number of furan rings is 1. The quantitative estimate of drug-likeness (QED) is 0.491. The van der Waals surface area contributed by atoms with Crippen LogP contribution >= 0.6 is 0 Å². The molecular formula is C12H11FN4O2. The van der Waals surface area contributed by atoms with Crippen molar-refractivity contribution in [3.63, 3.8) is 0 Å². The first-order chi connectivity index (χ1) is 9.29. The number of aromatic nitrogens is 2. The van der Waals surface area contributed by atoms with Gasteiger partial charge in [-0.1, -0.05) is 12.7 Å². The van der Waals surface area contributed by atoms with Crippen molar-refractivity contribution in [2.75, 3.05) is 12.0 Å². The van der Waals surface area contributed by atoms with E-state index >= 15 is 0 Å². The van der Waals surface area contributed by atoms with Gasteiger partial charge in [-0.2, -0.15) is 10.1 Å². The lowest BCUT2D eigenvalue weighted by Gasteiger charge is -2.04. The van der Waals surface area contributed by atoms with Gasteiger partial charge in [0.1, 0.15) is 12.4 Å². The van der Waals surface area contributed by atoms with Crippen molar-refractivity contribution in [1.82, 2.24) is 9.97 Å². The monoisotopic (exact) mass is 262 g/mol. The molecule has 0 amide bonds. The van der Waals surface area contributed by atoms with E-state index in [-0.39, 0.29) is 18.4 Å². The molecule has 0 saturated heterocycles. The molecule has 2 aromatic heterocycles. The second-order valence-corrected chi connectivity index (χ2v) is 3.33. The van der Waals surface area contributed by atoms with Gasteiger partial charge in [-0.25, -0.2) is 9.37 Å². The Balaban J connectivity index is 2.04. The van der Waals surface area contributed by atoms with Gasteiger partial charge in [0.25, 0.3) is 0 Å². The van der Waals surface area contributed by atoms with Gasteiger partial charge in [-0.15, -0.1) is 0 Å². The van der Waals surface area contributed by atoms with Crippen LogP contribution in [0.4, 0.5) is 10.2 Å². The van der Waals surface area contributed by atoms with Gasteiger partial charge in [0.05, 0.1) is 18.7 Å². The van der Waals surface area contributed by atoms with Crippen LogP contribution in [0.5, 0.6) is 6.01 Å². The summed E-state index contributed by atoms with van der Waals surface area (Å²) in [5, 5.41) is 3.79. The highest BCUT2D eigenvalue weighted by Gasteiger charge is 2.06. The summed E-state index contributed by atoms with van der Waals surface area (Å²) in [6, 6.07) is 3.46. The predicted molar refractivity (Wildman–Crippen MR) is 67.6 cm³/mol. The summed E-state index contributed by atoms with van der Waals surface area (Å²) in [4.78, 5) is 7.48. The highest BCUT2D eigenvalue weighted by molar-refractivity contribution is 5.76. The molecule has 0 spiro atoms.